The minimum Gasteiger partial charge on any atom is -0.409 e. The lowest BCUT2D eigenvalue weighted by Gasteiger charge is -2.22. The summed E-state index contributed by atoms with van der Waals surface area (Å²) in [4.78, 5) is 0. The fraction of sp³-hybridized carbons (Fsp3) is 0.692. The van der Waals surface area contributed by atoms with Gasteiger partial charge in [-0.15, -0.1) is 0 Å². The molecule has 0 spiro atoms. The Morgan fingerprint density at radius 3 is 2.79 bits per heavy atom. The van der Waals surface area contributed by atoms with Gasteiger partial charge in [-0.2, -0.15) is 5.10 Å². The number of rotatable bonds is 7. The van der Waals surface area contributed by atoms with Crippen LogP contribution < -0.4 is 11.1 Å². The molecule has 0 fully saturated rings. The second kappa shape index (κ2) is 6.56. The quantitative estimate of drug-likeness (QED) is 0.229. The molecule has 0 saturated heterocycles. The molecule has 108 valence electrons. The number of hydrogen-bond acceptors (Lipinski definition) is 4. The fourth-order valence-electron chi connectivity index (χ4n) is 1.96. The highest BCUT2D eigenvalue weighted by Crippen LogP contribution is 2.21. The summed E-state index contributed by atoms with van der Waals surface area (Å²) in [6, 6.07) is 0. The number of oxime groups is 1. The maximum atomic E-state index is 8.69. The predicted octanol–water partition coefficient (Wildman–Crippen LogP) is 1.37. The number of aromatic nitrogens is 2. The minimum absolute atomic E-state index is 0.263. The van der Waals surface area contributed by atoms with E-state index in [0.717, 1.165) is 31.6 Å². The van der Waals surface area contributed by atoms with E-state index in [1.54, 1.807) is 0 Å². The lowest BCUT2D eigenvalue weighted by Crippen LogP contribution is -2.32. The summed E-state index contributed by atoms with van der Waals surface area (Å²) in [5.41, 5.74) is 7.67. The zero-order valence-electron chi connectivity index (χ0n) is 12.3. The molecule has 0 aliphatic carbocycles. The highest BCUT2D eigenvalue weighted by molar-refractivity contribution is 5.85. The van der Waals surface area contributed by atoms with Gasteiger partial charge in [-0.25, -0.2) is 0 Å². The van der Waals surface area contributed by atoms with Crippen LogP contribution in [-0.4, -0.2) is 27.4 Å². The standard InChI is InChI=1S/C13H25N5O/c1-10-11(9-18(4)16-10)8-15-7-5-6-13(2,3)12(14)17-19/h9,15,19H,5-8H2,1-4H3,(H2,14,17). The minimum atomic E-state index is -0.263. The van der Waals surface area contributed by atoms with E-state index in [2.05, 4.69) is 15.6 Å². The van der Waals surface area contributed by atoms with E-state index >= 15 is 0 Å². The molecule has 6 heteroatoms. The van der Waals surface area contributed by atoms with Crippen LogP contribution in [0.15, 0.2) is 11.4 Å². The second-order valence-electron chi connectivity index (χ2n) is 5.56. The number of amidine groups is 1. The van der Waals surface area contributed by atoms with Crippen LogP contribution in [0.25, 0.3) is 0 Å². The summed E-state index contributed by atoms with van der Waals surface area (Å²) in [5, 5.41) is 19.5. The molecule has 1 heterocycles. The Balaban J connectivity index is 2.27. The Kier molecular flexibility index (Phi) is 5.35. The molecule has 0 aliphatic rings. The van der Waals surface area contributed by atoms with Crippen LogP contribution in [0.2, 0.25) is 0 Å². The van der Waals surface area contributed by atoms with Gasteiger partial charge in [0, 0.05) is 30.8 Å². The predicted molar refractivity (Wildman–Crippen MR) is 76.1 cm³/mol. The summed E-state index contributed by atoms with van der Waals surface area (Å²) >= 11 is 0. The normalized spacial score (nSPS) is 12.9. The first-order chi connectivity index (χ1) is 8.86. The zero-order valence-corrected chi connectivity index (χ0v) is 12.3. The summed E-state index contributed by atoms with van der Waals surface area (Å²) < 4.78 is 1.83. The molecule has 19 heavy (non-hydrogen) atoms. The van der Waals surface area contributed by atoms with E-state index in [4.69, 9.17) is 10.9 Å². The van der Waals surface area contributed by atoms with Crippen molar-refractivity contribution in [3.63, 3.8) is 0 Å². The van der Waals surface area contributed by atoms with Crippen molar-refractivity contribution < 1.29 is 5.21 Å². The fourth-order valence-corrected chi connectivity index (χ4v) is 1.96. The summed E-state index contributed by atoms with van der Waals surface area (Å²) in [5.74, 6) is 0.288. The zero-order chi connectivity index (χ0) is 14.5. The lowest BCUT2D eigenvalue weighted by molar-refractivity contribution is 0.304. The molecule has 1 rings (SSSR count). The van der Waals surface area contributed by atoms with Gasteiger partial charge < -0.3 is 16.3 Å². The molecule has 4 N–H and O–H groups in total. The Bertz CT molecular complexity index is 436. The van der Waals surface area contributed by atoms with Crippen LogP contribution in [-0.2, 0) is 13.6 Å². The monoisotopic (exact) mass is 267 g/mol. The van der Waals surface area contributed by atoms with E-state index in [1.807, 2.05) is 38.7 Å². The molecule has 1 aromatic rings. The van der Waals surface area contributed by atoms with Gasteiger partial charge in [0.05, 0.1) is 5.69 Å². The van der Waals surface area contributed by atoms with E-state index in [1.165, 1.54) is 5.56 Å². The van der Waals surface area contributed by atoms with Crippen LogP contribution in [0.3, 0.4) is 0 Å². The number of nitrogens with two attached hydrogens (primary N) is 1. The van der Waals surface area contributed by atoms with Crippen molar-refractivity contribution in [3.05, 3.63) is 17.5 Å². The van der Waals surface area contributed by atoms with E-state index < -0.39 is 0 Å². The van der Waals surface area contributed by atoms with Crippen molar-refractivity contribution in [1.82, 2.24) is 15.1 Å². The van der Waals surface area contributed by atoms with Gasteiger partial charge in [0.1, 0.15) is 5.84 Å². The molecule has 1 aromatic heterocycles. The van der Waals surface area contributed by atoms with Crippen molar-refractivity contribution in [2.24, 2.45) is 23.4 Å². The van der Waals surface area contributed by atoms with Crippen molar-refractivity contribution in [1.29, 1.82) is 0 Å². The van der Waals surface area contributed by atoms with Crippen molar-refractivity contribution in [3.8, 4) is 0 Å². The van der Waals surface area contributed by atoms with Gasteiger partial charge in [0.2, 0.25) is 0 Å². The Hall–Kier alpha value is -1.56. The Morgan fingerprint density at radius 2 is 2.26 bits per heavy atom. The SMILES string of the molecule is Cc1nn(C)cc1CNCCCC(C)(C)/C(N)=N/O. The van der Waals surface area contributed by atoms with Crippen molar-refractivity contribution in [2.75, 3.05) is 6.54 Å². The number of nitrogens with zero attached hydrogens (tertiary/aromatic N) is 3. The number of hydrogen-bond donors (Lipinski definition) is 3. The number of aryl methyl sites for hydroxylation is 2. The molecule has 0 aromatic carbocycles. The van der Waals surface area contributed by atoms with Crippen molar-refractivity contribution >= 4 is 5.84 Å². The molecule has 0 atom stereocenters. The molecule has 0 bridgehead atoms. The summed E-state index contributed by atoms with van der Waals surface area (Å²) in [7, 11) is 1.93. The largest absolute Gasteiger partial charge is 0.409 e. The molecule has 0 aliphatic heterocycles. The average Bonchev–Trinajstić information content (AvgIpc) is 2.66. The second-order valence-corrected chi connectivity index (χ2v) is 5.56. The highest BCUT2D eigenvalue weighted by Gasteiger charge is 2.22. The molecule has 6 nitrogen and oxygen atoms in total. The van der Waals surface area contributed by atoms with Gasteiger partial charge in [0.15, 0.2) is 0 Å². The van der Waals surface area contributed by atoms with E-state index in [-0.39, 0.29) is 11.3 Å². The molecule has 0 saturated carbocycles. The van der Waals surface area contributed by atoms with Gasteiger partial charge in [-0.05, 0) is 26.3 Å². The third-order valence-corrected chi connectivity index (χ3v) is 3.39. The van der Waals surface area contributed by atoms with Gasteiger partial charge >= 0.3 is 0 Å². The van der Waals surface area contributed by atoms with Crippen LogP contribution in [0.5, 0.6) is 0 Å². The van der Waals surface area contributed by atoms with Crippen LogP contribution in [0.1, 0.15) is 37.9 Å². The summed E-state index contributed by atoms with van der Waals surface area (Å²) in [6.45, 7) is 7.69. The maximum absolute atomic E-state index is 8.69. The first kappa shape index (κ1) is 15.5. The smallest absolute Gasteiger partial charge is 0.144 e. The Morgan fingerprint density at radius 1 is 1.58 bits per heavy atom. The topological polar surface area (TPSA) is 88.5 Å². The van der Waals surface area contributed by atoms with E-state index in [9.17, 15) is 0 Å². The first-order valence-electron chi connectivity index (χ1n) is 6.54. The maximum Gasteiger partial charge on any atom is 0.144 e. The van der Waals surface area contributed by atoms with Crippen LogP contribution in [0, 0.1) is 12.3 Å². The average molecular weight is 267 g/mol. The van der Waals surface area contributed by atoms with Gasteiger partial charge in [-0.1, -0.05) is 19.0 Å². The lowest BCUT2D eigenvalue weighted by atomic mass is 9.86. The summed E-state index contributed by atoms with van der Waals surface area (Å²) in [6.07, 6.45) is 3.88. The van der Waals surface area contributed by atoms with Gasteiger partial charge in [-0.3, -0.25) is 4.68 Å². The molecular weight excluding hydrogens is 242 g/mol. The molecule has 0 radical (unpaired) electrons. The highest BCUT2D eigenvalue weighted by atomic mass is 16.4. The Labute approximate surface area is 114 Å². The molecule has 0 amide bonds. The number of nitrogens with one attached hydrogen (secondary N) is 1. The van der Waals surface area contributed by atoms with Gasteiger partial charge in [0.25, 0.3) is 0 Å². The first-order valence-corrected chi connectivity index (χ1v) is 6.54. The van der Waals surface area contributed by atoms with Crippen molar-refractivity contribution in [2.45, 2.75) is 40.2 Å². The third-order valence-electron chi connectivity index (χ3n) is 3.39. The third kappa shape index (κ3) is 4.55. The molecular formula is C13H25N5O. The van der Waals surface area contributed by atoms with E-state index in [0.29, 0.717) is 0 Å². The van der Waals surface area contributed by atoms with Crippen LogP contribution in [0.4, 0.5) is 0 Å². The molecule has 0 unspecified atom stereocenters. The van der Waals surface area contributed by atoms with Crippen LogP contribution >= 0.6 is 0 Å².